The van der Waals surface area contributed by atoms with E-state index in [1.807, 2.05) is 12.1 Å². The van der Waals surface area contributed by atoms with Crippen LogP contribution in [0.4, 0.5) is 10.5 Å². The Morgan fingerprint density at radius 3 is 2.62 bits per heavy atom. The van der Waals surface area contributed by atoms with Gasteiger partial charge in [-0.05, 0) is 82.4 Å². The second-order valence-electron chi connectivity index (χ2n) is 5.38. The summed E-state index contributed by atoms with van der Waals surface area (Å²) >= 11 is 8.90. The van der Waals surface area contributed by atoms with Crippen molar-refractivity contribution in [1.29, 1.82) is 0 Å². The van der Waals surface area contributed by atoms with Gasteiger partial charge in [0.15, 0.2) is 0 Å². The Kier molecular flexibility index (Phi) is 6.00. The Labute approximate surface area is 172 Å². The highest BCUT2D eigenvalue weighted by molar-refractivity contribution is 14.1. The summed E-state index contributed by atoms with van der Waals surface area (Å²) in [6, 6.07) is 14.2. The van der Waals surface area contributed by atoms with E-state index in [-0.39, 0.29) is 11.4 Å². The van der Waals surface area contributed by atoms with Crippen LogP contribution in [0.25, 0.3) is 6.08 Å². The molecular weight excluding hydrogens is 487 g/mol. The van der Waals surface area contributed by atoms with Gasteiger partial charge in [0.2, 0.25) is 5.91 Å². The maximum atomic E-state index is 12.4. The van der Waals surface area contributed by atoms with E-state index in [0.717, 1.165) is 20.2 Å². The average molecular weight is 499 g/mol. The highest BCUT2D eigenvalue weighted by Crippen LogP contribution is 2.32. The summed E-state index contributed by atoms with van der Waals surface area (Å²) < 4.78 is 1.04. The van der Waals surface area contributed by atoms with Gasteiger partial charge < -0.3 is 5.32 Å². The summed E-state index contributed by atoms with van der Waals surface area (Å²) in [7, 11) is 0. The van der Waals surface area contributed by atoms with Crippen molar-refractivity contribution >= 4 is 74.8 Å². The van der Waals surface area contributed by atoms with E-state index >= 15 is 0 Å². The van der Waals surface area contributed by atoms with Gasteiger partial charge in [0.1, 0.15) is 6.54 Å². The number of anilines is 1. The smallest absolute Gasteiger partial charge is 0.294 e. The zero-order valence-corrected chi connectivity index (χ0v) is 17.0. The van der Waals surface area contributed by atoms with Gasteiger partial charge in [-0.2, -0.15) is 0 Å². The fraction of sp³-hybridized carbons (Fsp3) is 0.0556. The van der Waals surface area contributed by atoms with E-state index in [2.05, 4.69) is 27.9 Å². The number of nitrogens with zero attached hydrogens (tertiary/aromatic N) is 1. The van der Waals surface area contributed by atoms with Crippen LogP contribution in [0.1, 0.15) is 5.56 Å². The first-order valence-corrected chi connectivity index (χ1v) is 9.76. The predicted molar refractivity (Wildman–Crippen MR) is 112 cm³/mol. The first kappa shape index (κ1) is 18.9. The molecule has 0 bridgehead atoms. The van der Waals surface area contributed by atoms with Crippen LogP contribution in [-0.4, -0.2) is 28.5 Å². The van der Waals surface area contributed by atoms with Crippen LogP contribution in [0.2, 0.25) is 5.02 Å². The molecule has 0 unspecified atom stereocenters. The molecule has 3 rings (SSSR count). The molecule has 1 aliphatic rings. The fourth-order valence-corrected chi connectivity index (χ4v) is 3.66. The second kappa shape index (κ2) is 8.24. The van der Waals surface area contributed by atoms with Gasteiger partial charge in [-0.25, -0.2) is 0 Å². The molecule has 8 heteroatoms. The Hall–Kier alpha value is -1.84. The van der Waals surface area contributed by atoms with Crippen LogP contribution < -0.4 is 5.32 Å². The first-order valence-electron chi connectivity index (χ1n) is 7.49. The van der Waals surface area contributed by atoms with Gasteiger partial charge in [0, 0.05) is 14.3 Å². The summed E-state index contributed by atoms with van der Waals surface area (Å²) in [5, 5.41) is 2.74. The van der Waals surface area contributed by atoms with Crippen molar-refractivity contribution < 1.29 is 14.4 Å². The molecular formula is C18H12ClIN2O3S. The molecule has 1 aliphatic heterocycles. The largest absolute Gasteiger partial charge is 0.325 e. The quantitative estimate of drug-likeness (QED) is 0.493. The molecule has 1 N–H and O–H groups in total. The number of thioether (sulfide) groups is 1. The molecule has 1 heterocycles. The monoisotopic (exact) mass is 498 g/mol. The minimum absolute atomic E-state index is 0.263. The standard InChI is InChI=1S/C18H12ClIN2O3S/c19-12-3-1-2-11(8-12)9-15-17(24)22(18(25)26-15)10-16(23)21-14-6-4-13(20)5-7-14/h1-9H,10H2,(H,21,23)/b15-9+. The van der Waals surface area contributed by atoms with Gasteiger partial charge >= 0.3 is 0 Å². The SMILES string of the molecule is O=C(CN1C(=O)S/C(=C/c2cccc(Cl)c2)C1=O)Nc1ccc(I)cc1. The van der Waals surface area contributed by atoms with Gasteiger partial charge in [-0.15, -0.1) is 0 Å². The van der Waals surface area contributed by atoms with E-state index in [4.69, 9.17) is 11.6 Å². The van der Waals surface area contributed by atoms with Crippen LogP contribution in [0.3, 0.4) is 0 Å². The second-order valence-corrected chi connectivity index (χ2v) is 8.05. The van der Waals surface area contributed by atoms with Crippen molar-refractivity contribution in [2.45, 2.75) is 0 Å². The van der Waals surface area contributed by atoms with Crippen LogP contribution in [0.5, 0.6) is 0 Å². The minimum Gasteiger partial charge on any atom is -0.325 e. The highest BCUT2D eigenvalue weighted by Gasteiger charge is 2.36. The lowest BCUT2D eigenvalue weighted by molar-refractivity contribution is -0.127. The lowest BCUT2D eigenvalue weighted by Crippen LogP contribution is -2.36. The number of imide groups is 1. The number of nitrogens with one attached hydrogen (secondary N) is 1. The first-order chi connectivity index (χ1) is 12.4. The third kappa shape index (κ3) is 4.66. The molecule has 132 valence electrons. The van der Waals surface area contributed by atoms with E-state index in [9.17, 15) is 14.4 Å². The molecule has 0 aromatic heterocycles. The van der Waals surface area contributed by atoms with E-state index in [0.29, 0.717) is 16.3 Å². The minimum atomic E-state index is -0.488. The van der Waals surface area contributed by atoms with E-state index < -0.39 is 17.1 Å². The maximum Gasteiger partial charge on any atom is 0.294 e. The summed E-state index contributed by atoms with van der Waals surface area (Å²) in [6.45, 7) is -0.330. The number of benzene rings is 2. The molecule has 1 fully saturated rings. The van der Waals surface area contributed by atoms with Gasteiger partial charge in [-0.3, -0.25) is 19.3 Å². The van der Waals surface area contributed by atoms with Crippen molar-refractivity contribution in [2.75, 3.05) is 11.9 Å². The summed E-state index contributed by atoms with van der Waals surface area (Å²) in [5.74, 6) is -0.921. The Morgan fingerprint density at radius 2 is 1.92 bits per heavy atom. The van der Waals surface area contributed by atoms with Crippen LogP contribution in [0, 0.1) is 3.57 Å². The summed E-state index contributed by atoms with van der Waals surface area (Å²) in [4.78, 5) is 37.9. The summed E-state index contributed by atoms with van der Waals surface area (Å²) in [6.07, 6.45) is 1.59. The fourth-order valence-electron chi connectivity index (χ4n) is 2.26. The number of carbonyl (C=O) groups is 3. The number of amides is 3. The predicted octanol–water partition coefficient (Wildman–Crippen LogP) is 4.62. The maximum absolute atomic E-state index is 12.4. The number of rotatable bonds is 4. The number of carbonyl (C=O) groups excluding carboxylic acids is 3. The number of hydrogen-bond donors (Lipinski definition) is 1. The molecule has 5 nitrogen and oxygen atoms in total. The molecule has 26 heavy (non-hydrogen) atoms. The Balaban J connectivity index is 1.69. The third-order valence-corrected chi connectivity index (χ3v) is 5.31. The zero-order valence-electron chi connectivity index (χ0n) is 13.2. The molecule has 0 spiro atoms. The molecule has 0 radical (unpaired) electrons. The molecule has 2 aromatic rings. The Morgan fingerprint density at radius 1 is 1.19 bits per heavy atom. The molecule has 1 saturated heterocycles. The van der Waals surface area contributed by atoms with Gasteiger partial charge in [0.05, 0.1) is 4.91 Å². The number of halogens is 2. The molecule has 2 aromatic carbocycles. The average Bonchev–Trinajstić information content (AvgIpc) is 2.84. The normalized spacial score (nSPS) is 15.6. The van der Waals surface area contributed by atoms with Crippen LogP contribution in [0.15, 0.2) is 53.4 Å². The Bertz CT molecular complexity index is 915. The van der Waals surface area contributed by atoms with Crippen LogP contribution >= 0.6 is 46.0 Å². The van der Waals surface area contributed by atoms with Crippen molar-refractivity contribution in [2.24, 2.45) is 0 Å². The topological polar surface area (TPSA) is 66.5 Å². The van der Waals surface area contributed by atoms with Gasteiger partial charge in [0.25, 0.3) is 11.1 Å². The molecule has 3 amide bonds. The van der Waals surface area contributed by atoms with E-state index in [1.54, 1.807) is 42.5 Å². The van der Waals surface area contributed by atoms with E-state index in [1.165, 1.54) is 0 Å². The van der Waals surface area contributed by atoms with Crippen molar-refractivity contribution in [3.63, 3.8) is 0 Å². The summed E-state index contributed by atoms with van der Waals surface area (Å²) in [5.41, 5.74) is 1.32. The zero-order chi connectivity index (χ0) is 18.7. The van der Waals surface area contributed by atoms with Gasteiger partial charge in [-0.1, -0.05) is 23.7 Å². The molecule has 0 atom stereocenters. The van der Waals surface area contributed by atoms with Crippen molar-refractivity contribution in [1.82, 2.24) is 4.90 Å². The van der Waals surface area contributed by atoms with Crippen LogP contribution in [-0.2, 0) is 9.59 Å². The van der Waals surface area contributed by atoms with Crippen molar-refractivity contribution in [3.8, 4) is 0 Å². The lowest BCUT2D eigenvalue weighted by Gasteiger charge is -2.12. The molecule has 0 saturated carbocycles. The molecule has 0 aliphatic carbocycles. The highest BCUT2D eigenvalue weighted by atomic mass is 127. The lowest BCUT2D eigenvalue weighted by atomic mass is 10.2. The third-order valence-electron chi connectivity index (χ3n) is 3.45. The van der Waals surface area contributed by atoms with Crippen molar-refractivity contribution in [3.05, 3.63) is 67.6 Å². The number of hydrogen-bond acceptors (Lipinski definition) is 4.